The van der Waals surface area contributed by atoms with E-state index in [0.29, 0.717) is 29.8 Å². The highest BCUT2D eigenvalue weighted by Crippen LogP contribution is 2.25. The number of Topliss-reactive ketones (excluding diaryl/α,β-unsaturated/α-hetero) is 1. The molecule has 0 amide bonds. The lowest BCUT2D eigenvalue weighted by molar-refractivity contribution is 0.0982. The number of carbonyl (C=O) groups excluding carboxylic acids is 1. The molecule has 0 bridgehead atoms. The van der Waals surface area contributed by atoms with Crippen molar-refractivity contribution in [2.45, 2.75) is 26.2 Å². The molecule has 0 saturated heterocycles. The minimum Gasteiger partial charge on any atom is -0.307 e. The molecule has 1 aromatic carbocycles. The zero-order valence-corrected chi connectivity index (χ0v) is 15.4. The summed E-state index contributed by atoms with van der Waals surface area (Å²) in [6, 6.07) is 15.6. The van der Waals surface area contributed by atoms with Gasteiger partial charge in [-0.15, -0.1) is 0 Å². The van der Waals surface area contributed by atoms with Crippen molar-refractivity contribution >= 4 is 5.78 Å². The van der Waals surface area contributed by atoms with Crippen molar-refractivity contribution in [3.05, 3.63) is 84.3 Å². The molecule has 0 aliphatic rings. The minimum absolute atomic E-state index is 0.0684. The Hall–Kier alpha value is -3.45. The molecule has 0 spiro atoms. The third-order valence-electron chi connectivity index (χ3n) is 4.57. The second-order valence-corrected chi connectivity index (χ2v) is 6.40. The summed E-state index contributed by atoms with van der Waals surface area (Å²) in [4.78, 5) is 16.7. The molecule has 134 valence electrons. The summed E-state index contributed by atoms with van der Waals surface area (Å²) in [7, 11) is 0. The number of allylic oxidation sites excluding steroid dienone is 1. The normalized spacial score (nSPS) is 10.4. The summed E-state index contributed by atoms with van der Waals surface area (Å²) in [6.45, 7) is 5.98. The van der Waals surface area contributed by atoms with Crippen LogP contribution in [0.3, 0.4) is 0 Å². The molecular formula is C23H21N3O. The van der Waals surface area contributed by atoms with Gasteiger partial charge < -0.3 is 4.57 Å². The maximum atomic E-state index is 12.3. The fourth-order valence-electron chi connectivity index (χ4n) is 2.84. The smallest absolute Gasteiger partial charge is 0.164 e. The second kappa shape index (κ2) is 8.29. The van der Waals surface area contributed by atoms with Crippen LogP contribution in [0, 0.1) is 11.3 Å². The van der Waals surface area contributed by atoms with Crippen LogP contribution in [0.5, 0.6) is 0 Å². The SMILES string of the molecule is C=C(CC)CCC(=O)c1ccc(-n2cc(C#N)c(-c3ccccc3)c2)nc1. The summed E-state index contributed by atoms with van der Waals surface area (Å²) < 4.78 is 1.81. The number of ketones is 1. The first-order valence-corrected chi connectivity index (χ1v) is 8.96. The topological polar surface area (TPSA) is 58.7 Å². The molecule has 0 saturated carbocycles. The lowest BCUT2D eigenvalue weighted by atomic mass is 10.0. The molecule has 0 aliphatic heterocycles. The number of pyridine rings is 1. The first kappa shape index (κ1) is 18.3. The number of carbonyl (C=O) groups is 1. The van der Waals surface area contributed by atoms with Gasteiger partial charge in [-0.05, 0) is 30.5 Å². The van der Waals surface area contributed by atoms with E-state index < -0.39 is 0 Å². The number of benzene rings is 1. The zero-order chi connectivity index (χ0) is 19.2. The van der Waals surface area contributed by atoms with Crippen LogP contribution in [0.2, 0.25) is 0 Å². The van der Waals surface area contributed by atoms with Crippen molar-refractivity contribution < 1.29 is 4.79 Å². The fourth-order valence-corrected chi connectivity index (χ4v) is 2.84. The lowest BCUT2D eigenvalue weighted by Crippen LogP contribution is -2.02. The van der Waals surface area contributed by atoms with Gasteiger partial charge in [0.1, 0.15) is 11.9 Å². The van der Waals surface area contributed by atoms with E-state index in [9.17, 15) is 10.1 Å². The number of aromatic nitrogens is 2. The Bertz CT molecular complexity index is 992. The average molecular weight is 355 g/mol. The molecule has 0 radical (unpaired) electrons. The van der Waals surface area contributed by atoms with Gasteiger partial charge in [-0.25, -0.2) is 4.98 Å². The zero-order valence-electron chi connectivity index (χ0n) is 15.4. The second-order valence-electron chi connectivity index (χ2n) is 6.40. The fraction of sp³-hybridized carbons (Fsp3) is 0.174. The van der Waals surface area contributed by atoms with Crippen LogP contribution < -0.4 is 0 Å². The first-order valence-electron chi connectivity index (χ1n) is 8.96. The summed E-state index contributed by atoms with van der Waals surface area (Å²) >= 11 is 0. The Morgan fingerprint density at radius 2 is 1.93 bits per heavy atom. The van der Waals surface area contributed by atoms with Gasteiger partial charge in [0, 0.05) is 36.1 Å². The minimum atomic E-state index is 0.0684. The van der Waals surface area contributed by atoms with Gasteiger partial charge in [0.2, 0.25) is 0 Å². The lowest BCUT2D eigenvalue weighted by Gasteiger charge is -2.05. The average Bonchev–Trinajstić information content (AvgIpc) is 3.17. The van der Waals surface area contributed by atoms with Crippen LogP contribution in [-0.4, -0.2) is 15.3 Å². The summed E-state index contributed by atoms with van der Waals surface area (Å²) in [6.07, 6.45) is 7.30. The van der Waals surface area contributed by atoms with Crippen LogP contribution in [0.25, 0.3) is 16.9 Å². The van der Waals surface area contributed by atoms with Gasteiger partial charge in [0.15, 0.2) is 5.78 Å². The van der Waals surface area contributed by atoms with Gasteiger partial charge in [0.25, 0.3) is 0 Å². The van der Waals surface area contributed by atoms with Crippen molar-refractivity contribution in [1.29, 1.82) is 5.26 Å². The van der Waals surface area contributed by atoms with Crippen LogP contribution in [0.1, 0.15) is 42.1 Å². The molecule has 2 aromatic heterocycles. The number of rotatable bonds is 7. The third-order valence-corrected chi connectivity index (χ3v) is 4.57. The number of nitrogens with zero attached hydrogens (tertiary/aromatic N) is 3. The predicted molar refractivity (Wildman–Crippen MR) is 107 cm³/mol. The summed E-state index contributed by atoms with van der Waals surface area (Å²) in [5.74, 6) is 0.738. The van der Waals surface area contributed by atoms with Crippen LogP contribution in [0.4, 0.5) is 0 Å². The maximum absolute atomic E-state index is 12.3. The largest absolute Gasteiger partial charge is 0.307 e. The first-order chi connectivity index (χ1) is 13.1. The van der Waals surface area contributed by atoms with Crippen LogP contribution in [-0.2, 0) is 0 Å². The molecule has 27 heavy (non-hydrogen) atoms. The molecule has 0 atom stereocenters. The molecule has 0 aliphatic carbocycles. The highest BCUT2D eigenvalue weighted by atomic mass is 16.1. The summed E-state index contributed by atoms with van der Waals surface area (Å²) in [5.41, 5.74) is 4.10. The van der Waals surface area contributed by atoms with E-state index in [0.717, 1.165) is 23.1 Å². The Morgan fingerprint density at radius 3 is 2.56 bits per heavy atom. The molecule has 0 N–H and O–H groups in total. The van der Waals surface area contributed by atoms with Crippen molar-refractivity contribution in [2.75, 3.05) is 0 Å². The monoisotopic (exact) mass is 355 g/mol. The van der Waals surface area contributed by atoms with Gasteiger partial charge in [-0.1, -0.05) is 49.4 Å². The van der Waals surface area contributed by atoms with Crippen molar-refractivity contribution in [3.63, 3.8) is 0 Å². The standard InChI is InChI=1S/C23H21N3O/c1-3-17(2)9-11-22(27)19-10-12-23(25-14-19)26-15-20(13-24)21(16-26)18-7-5-4-6-8-18/h4-8,10,12,14-16H,2-3,9,11H2,1H3. The Morgan fingerprint density at radius 1 is 1.15 bits per heavy atom. The van der Waals surface area contributed by atoms with Crippen molar-refractivity contribution in [1.82, 2.24) is 9.55 Å². The highest BCUT2D eigenvalue weighted by molar-refractivity contribution is 5.95. The van der Waals surface area contributed by atoms with Gasteiger partial charge in [-0.3, -0.25) is 4.79 Å². The highest BCUT2D eigenvalue weighted by Gasteiger charge is 2.11. The Labute approximate surface area is 159 Å². The molecule has 3 rings (SSSR count). The van der Waals surface area contributed by atoms with E-state index in [4.69, 9.17) is 0 Å². The molecule has 4 nitrogen and oxygen atoms in total. The van der Waals surface area contributed by atoms with Crippen LogP contribution in [0.15, 0.2) is 73.2 Å². The maximum Gasteiger partial charge on any atom is 0.164 e. The van der Waals surface area contributed by atoms with Crippen molar-refractivity contribution in [2.24, 2.45) is 0 Å². The van der Waals surface area contributed by atoms with Gasteiger partial charge in [-0.2, -0.15) is 5.26 Å². The van der Waals surface area contributed by atoms with Crippen LogP contribution >= 0.6 is 0 Å². The summed E-state index contributed by atoms with van der Waals surface area (Å²) in [5, 5.41) is 9.45. The molecule has 0 unspecified atom stereocenters. The number of nitriles is 1. The van der Waals surface area contributed by atoms with Gasteiger partial charge >= 0.3 is 0 Å². The van der Waals surface area contributed by atoms with Crippen molar-refractivity contribution in [3.8, 4) is 23.0 Å². The Kier molecular flexibility index (Phi) is 5.63. The molecule has 4 heteroatoms. The Balaban J connectivity index is 1.82. The van der Waals surface area contributed by atoms with E-state index in [1.807, 2.05) is 48.0 Å². The van der Waals surface area contributed by atoms with Gasteiger partial charge in [0.05, 0.1) is 5.56 Å². The molecule has 3 aromatic rings. The molecule has 2 heterocycles. The van der Waals surface area contributed by atoms with E-state index in [1.165, 1.54) is 0 Å². The predicted octanol–water partition coefficient (Wildman–Crippen LogP) is 5.34. The van der Waals surface area contributed by atoms with E-state index >= 15 is 0 Å². The number of hydrogen-bond acceptors (Lipinski definition) is 3. The number of hydrogen-bond donors (Lipinski definition) is 0. The van der Waals surface area contributed by atoms with E-state index in [1.54, 1.807) is 24.5 Å². The van der Waals surface area contributed by atoms with E-state index in [-0.39, 0.29) is 5.78 Å². The van der Waals surface area contributed by atoms with E-state index in [2.05, 4.69) is 17.6 Å². The quantitative estimate of drug-likeness (QED) is 0.424. The third kappa shape index (κ3) is 4.21. The molecule has 0 fully saturated rings. The molecular weight excluding hydrogens is 334 g/mol.